The van der Waals surface area contributed by atoms with E-state index < -0.39 is 5.82 Å². The summed E-state index contributed by atoms with van der Waals surface area (Å²) in [5.74, 6) is -0.622. The number of benzene rings is 1. The molecule has 0 aliphatic heterocycles. The molecule has 0 fully saturated rings. The highest BCUT2D eigenvalue weighted by Gasteiger charge is 2.19. The van der Waals surface area contributed by atoms with Gasteiger partial charge in [0.2, 0.25) is 0 Å². The van der Waals surface area contributed by atoms with Crippen molar-refractivity contribution in [3.8, 4) is 0 Å². The van der Waals surface area contributed by atoms with Crippen molar-refractivity contribution in [3.63, 3.8) is 0 Å². The van der Waals surface area contributed by atoms with Crippen LogP contribution < -0.4 is 5.32 Å². The largest absolute Gasteiger partial charge is 0.382 e. The average Bonchev–Trinajstić information content (AvgIpc) is 2.86. The van der Waals surface area contributed by atoms with Crippen molar-refractivity contribution in [3.05, 3.63) is 45.7 Å². The Bertz CT molecular complexity index is 642. The molecule has 0 atom stereocenters. The molecule has 0 bridgehead atoms. The Labute approximate surface area is 127 Å². The second kappa shape index (κ2) is 6.67. The molecule has 1 aromatic heterocycles. The van der Waals surface area contributed by atoms with Gasteiger partial charge in [-0.15, -0.1) is 11.3 Å². The molecule has 1 N–H and O–H groups in total. The fourth-order valence-electron chi connectivity index (χ4n) is 2.03. The molecule has 1 heterocycles. The molecule has 4 nitrogen and oxygen atoms in total. The fourth-order valence-corrected chi connectivity index (χ4v) is 2.86. The summed E-state index contributed by atoms with van der Waals surface area (Å²) >= 11 is 1.51. The van der Waals surface area contributed by atoms with E-state index in [0.717, 1.165) is 10.6 Å². The van der Waals surface area contributed by atoms with Crippen molar-refractivity contribution in [2.24, 2.45) is 0 Å². The van der Waals surface area contributed by atoms with E-state index in [2.05, 4.69) is 10.3 Å². The molecule has 0 aliphatic rings. The minimum atomic E-state index is -0.412. The third kappa shape index (κ3) is 3.39. The molecule has 112 valence electrons. The number of halogens is 1. The number of nitrogens with zero attached hydrogens (tertiary/aromatic N) is 2. The molecule has 2 rings (SSSR count). The summed E-state index contributed by atoms with van der Waals surface area (Å²) in [5, 5.41) is 2.92. The first-order chi connectivity index (χ1) is 10.0. The Hall–Kier alpha value is -1.95. The van der Waals surface area contributed by atoms with Gasteiger partial charge in [0.25, 0.3) is 5.91 Å². The van der Waals surface area contributed by atoms with E-state index in [1.54, 1.807) is 29.6 Å². The molecule has 21 heavy (non-hydrogen) atoms. The number of aryl methyl sites for hydroxylation is 1. The second-order valence-electron chi connectivity index (χ2n) is 4.71. The molecule has 0 aliphatic carbocycles. The first-order valence-electron chi connectivity index (χ1n) is 6.71. The topological polar surface area (TPSA) is 45.2 Å². The van der Waals surface area contributed by atoms with E-state index in [4.69, 9.17) is 0 Å². The van der Waals surface area contributed by atoms with Crippen LogP contribution >= 0.6 is 11.3 Å². The molecular formula is C15H18FN3OS. The monoisotopic (exact) mass is 307 g/mol. The van der Waals surface area contributed by atoms with Gasteiger partial charge < -0.3 is 10.2 Å². The number of carbonyl (C=O) groups is 1. The molecule has 0 saturated heterocycles. The van der Waals surface area contributed by atoms with Crippen LogP contribution in [0.15, 0.2) is 23.7 Å². The lowest BCUT2D eigenvalue weighted by molar-refractivity contribution is 0.0787. The number of anilines is 1. The van der Waals surface area contributed by atoms with Gasteiger partial charge in [-0.25, -0.2) is 9.37 Å². The number of amides is 1. The number of nitrogens with one attached hydrogen (secondary N) is 1. The minimum absolute atomic E-state index is 0.210. The molecule has 1 aromatic carbocycles. The van der Waals surface area contributed by atoms with Crippen molar-refractivity contribution in [2.75, 3.05) is 18.9 Å². The predicted molar refractivity (Wildman–Crippen MR) is 83.2 cm³/mol. The molecular weight excluding hydrogens is 289 g/mol. The van der Waals surface area contributed by atoms with Gasteiger partial charge in [0.05, 0.1) is 29.0 Å². The lowest BCUT2D eigenvalue weighted by Gasteiger charge is -2.19. The molecule has 0 spiro atoms. The Morgan fingerprint density at radius 1 is 1.48 bits per heavy atom. The van der Waals surface area contributed by atoms with Gasteiger partial charge in [0, 0.05) is 18.5 Å². The van der Waals surface area contributed by atoms with Gasteiger partial charge >= 0.3 is 0 Å². The maximum absolute atomic E-state index is 13.9. The zero-order valence-corrected chi connectivity index (χ0v) is 13.1. The average molecular weight is 307 g/mol. The first kappa shape index (κ1) is 15.4. The summed E-state index contributed by atoms with van der Waals surface area (Å²) in [4.78, 5) is 19.3. The summed E-state index contributed by atoms with van der Waals surface area (Å²) in [7, 11) is 1.71. The summed E-state index contributed by atoms with van der Waals surface area (Å²) in [6.07, 6.45) is 0. The quantitative estimate of drug-likeness (QED) is 0.922. The van der Waals surface area contributed by atoms with Crippen LogP contribution in [0, 0.1) is 12.7 Å². The number of rotatable bonds is 5. The van der Waals surface area contributed by atoms with E-state index in [9.17, 15) is 9.18 Å². The van der Waals surface area contributed by atoms with Gasteiger partial charge in [0.15, 0.2) is 0 Å². The van der Waals surface area contributed by atoms with Gasteiger partial charge in [0.1, 0.15) is 5.82 Å². The van der Waals surface area contributed by atoms with Crippen LogP contribution in [-0.4, -0.2) is 29.4 Å². The number of hydrogen-bond donors (Lipinski definition) is 1. The summed E-state index contributed by atoms with van der Waals surface area (Å²) in [5.41, 5.74) is 3.29. The van der Waals surface area contributed by atoms with Crippen molar-refractivity contribution >= 4 is 22.9 Å². The Morgan fingerprint density at radius 3 is 2.86 bits per heavy atom. The van der Waals surface area contributed by atoms with Crippen LogP contribution in [0.25, 0.3) is 0 Å². The second-order valence-corrected chi connectivity index (χ2v) is 5.65. The van der Waals surface area contributed by atoms with Crippen molar-refractivity contribution in [1.29, 1.82) is 0 Å². The first-order valence-corrected chi connectivity index (χ1v) is 7.59. The van der Waals surface area contributed by atoms with E-state index in [-0.39, 0.29) is 11.6 Å². The number of carbonyl (C=O) groups excluding carboxylic acids is 1. The van der Waals surface area contributed by atoms with Gasteiger partial charge in [-0.05, 0) is 26.0 Å². The third-order valence-corrected chi connectivity index (χ3v) is 4.09. The summed E-state index contributed by atoms with van der Waals surface area (Å²) < 4.78 is 13.9. The Kier molecular flexibility index (Phi) is 4.90. The number of aromatic nitrogens is 1. The van der Waals surface area contributed by atoms with E-state index in [0.29, 0.717) is 18.7 Å². The van der Waals surface area contributed by atoms with Gasteiger partial charge in [-0.3, -0.25) is 4.79 Å². The molecule has 6 heteroatoms. The van der Waals surface area contributed by atoms with E-state index in [1.165, 1.54) is 17.4 Å². The highest BCUT2D eigenvalue weighted by molar-refractivity contribution is 7.09. The van der Waals surface area contributed by atoms with Crippen LogP contribution in [-0.2, 0) is 6.54 Å². The van der Waals surface area contributed by atoms with E-state index >= 15 is 0 Å². The highest BCUT2D eigenvalue weighted by Crippen LogP contribution is 2.22. The summed E-state index contributed by atoms with van der Waals surface area (Å²) in [6.45, 7) is 4.80. The fraction of sp³-hybridized carbons (Fsp3) is 0.333. The molecule has 0 saturated carbocycles. The third-order valence-electron chi connectivity index (χ3n) is 3.17. The van der Waals surface area contributed by atoms with Gasteiger partial charge in [-0.2, -0.15) is 0 Å². The van der Waals surface area contributed by atoms with Gasteiger partial charge in [-0.1, -0.05) is 6.07 Å². The molecule has 0 unspecified atom stereocenters. The Balaban J connectivity index is 2.23. The van der Waals surface area contributed by atoms with E-state index in [1.807, 2.05) is 13.8 Å². The van der Waals surface area contributed by atoms with Crippen LogP contribution in [0.5, 0.6) is 0 Å². The zero-order valence-electron chi connectivity index (χ0n) is 12.3. The van der Waals surface area contributed by atoms with Crippen LogP contribution in [0.2, 0.25) is 0 Å². The van der Waals surface area contributed by atoms with Crippen molar-refractivity contribution in [1.82, 2.24) is 9.88 Å². The zero-order chi connectivity index (χ0) is 15.4. The molecule has 2 aromatic rings. The maximum atomic E-state index is 13.9. The number of thiazole rings is 1. The van der Waals surface area contributed by atoms with Crippen LogP contribution in [0.3, 0.4) is 0 Å². The van der Waals surface area contributed by atoms with Crippen molar-refractivity contribution in [2.45, 2.75) is 20.4 Å². The number of para-hydroxylation sites is 1. The summed E-state index contributed by atoms with van der Waals surface area (Å²) in [6, 6.07) is 4.54. The van der Waals surface area contributed by atoms with Crippen molar-refractivity contribution < 1.29 is 9.18 Å². The van der Waals surface area contributed by atoms with Crippen LogP contribution in [0.4, 0.5) is 10.1 Å². The van der Waals surface area contributed by atoms with Crippen LogP contribution in [0.1, 0.15) is 27.9 Å². The lowest BCUT2D eigenvalue weighted by Crippen LogP contribution is -2.27. The maximum Gasteiger partial charge on any atom is 0.256 e. The minimum Gasteiger partial charge on any atom is -0.382 e. The standard InChI is InChI=1S/C15H18FN3OS/c1-4-17-14-11(6-5-7-12(14)16)15(20)19(3)8-13-10(2)18-9-21-13/h5-7,9,17H,4,8H2,1-3H3. The normalized spacial score (nSPS) is 10.5. The predicted octanol–water partition coefficient (Wildman–Crippen LogP) is 3.29. The smallest absolute Gasteiger partial charge is 0.256 e. The highest BCUT2D eigenvalue weighted by atomic mass is 32.1. The number of hydrogen-bond acceptors (Lipinski definition) is 4. The lowest BCUT2D eigenvalue weighted by atomic mass is 10.1. The molecule has 0 radical (unpaired) electrons. The Morgan fingerprint density at radius 2 is 2.24 bits per heavy atom. The SMILES string of the molecule is CCNc1c(F)cccc1C(=O)N(C)Cc1scnc1C. The molecule has 1 amide bonds.